The van der Waals surface area contributed by atoms with Gasteiger partial charge in [-0.1, -0.05) is 57.2 Å². The van der Waals surface area contributed by atoms with E-state index in [2.05, 4.69) is 38.2 Å². The quantitative estimate of drug-likeness (QED) is 0.671. The molecule has 5 aliphatic rings. The topological polar surface area (TPSA) is 73.6 Å². The van der Waals surface area contributed by atoms with Crippen LogP contribution < -0.4 is 11.1 Å². The predicted molar refractivity (Wildman–Crippen MR) is 111 cm³/mol. The Bertz CT molecular complexity index is 980. The van der Waals surface area contributed by atoms with E-state index in [1.165, 1.54) is 0 Å². The molecule has 0 aromatic heterocycles. The van der Waals surface area contributed by atoms with Crippen molar-refractivity contribution in [2.75, 3.05) is 7.11 Å². The molecule has 0 amide bonds. The molecular weight excluding hydrogens is 364 g/mol. The van der Waals surface area contributed by atoms with Crippen LogP contribution in [0.4, 0.5) is 0 Å². The monoisotopic (exact) mass is 392 g/mol. The largest absolute Gasteiger partial charge is 0.486 e. The van der Waals surface area contributed by atoms with E-state index in [-0.39, 0.29) is 23.2 Å². The summed E-state index contributed by atoms with van der Waals surface area (Å²) in [5.41, 5.74) is 7.73. The maximum absolute atomic E-state index is 14.2. The Morgan fingerprint density at radius 2 is 2.03 bits per heavy atom. The van der Waals surface area contributed by atoms with Gasteiger partial charge in [0.2, 0.25) is 5.78 Å². The fourth-order valence-electron chi connectivity index (χ4n) is 5.98. The molecule has 0 fully saturated rings. The van der Waals surface area contributed by atoms with Crippen LogP contribution in [0, 0.1) is 16.7 Å². The molecule has 5 nitrogen and oxygen atoms in total. The van der Waals surface area contributed by atoms with Gasteiger partial charge in [-0.25, -0.2) is 0 Å². The summed E-state index contributed by atoms with van der Waals surface area (Å²) >= 11 is 0. The van der Waals surface area contributed by atoms with E-state index < -0.39 is 17.1 Å². The summed E-state index contributed by atoms with van der Waals surface area (Å²) < 4.78 is 12.5. The van der Waals surface area contributed by atoms with Crippen molar-refractivity contribution in [3.05, 3.63) is 71.3 Å². The Balaban J connectivity index is 1.81. The maximum atomic E-state index is 14.2. The zero-order valence-corrected chi connectivity index (χ0v) is 17.4. The number of ether oxygens (including phenoxy) is 2. The molecule has 152 valence electrons. The molecule has 5 heteroatoms. The molecule has 5 unspecified atom stereocenters. The van der Waals surface area contributed by atoms with Crippen molar-refractivity contribution in [2.24, 2.45) is 22.5 Å². The molecule has 0 radical (unpaired) electrons. The highest BCUT2D eigenvalue weighted by Gasteiger charge is 2.71. The van der Waals surface area contributed by atoms with Crippen molar-refractivity contribution < 1.29 is 14.3 Å². The molecule has 5 rings (SSSR count). The third-order valence-corrected chi connectivity index (χ3v) is 7.33. The first-order valence-electron chi connectivity index (χ1n) is 10.3. The van der Waals surface area contributed by atoms with E-state index in [0.29, 0.717) is 17.8 Å². The summed E-state index contributed by atoms with van der Waals surface area (Å²) in [6.07, 6.45) is 16.3. The van der Waals surface area contributed by atoms with E-state index in [4.69, 9.17) is 15.2 Å². The third kappa shape index (κ3) is 2.11. The standard InChI is InChI=1S/C24H28N2O3/c1-14-9-12-29-24-13-22(2,3)10-11-23(14,24)21(28-4)17-18(25)15-7-5-6-8-16(15)26-19(17)20(24)27/h5-12,14,16,21,26H,13,25H2,1-4H3. The Morgan fingerprint density at radius 1 is 1.24 bits per heavy atom. The number of nitrogens with two attached hydrogens (primary N) is 1. The van der Waals surface area contributed by atoms with Crippen molar-refractivity contribution in [3.8, 4) is 0 Å². The minimum atomic E-state index is -1.03. The minimum Gasteiger partial charge on any atom is -0.486 e. The fourth-order valence-corrected chi connectivity index (χ4v) is 5.98. The molecule has 0 spiro atoms. The number of hydrogen-bond donors (Lipinski definition) is 2. The number of carbonyl (C=O) groups is 1. The summed E-state index contributed by atoms with van der Waals surface area (Å²) in [5, 5.41) is 3.45. The van der Waals surface area contributed by atoms with Gasteiger partial charge in [-0.15, -0.1) is 0 Å². The van der Waals surface area contributed by atoms with Gasteiger partial charge in [0, 0.05) is 30.4 Å². The van der Waals surface area contributed by atoms with Crippen LogP contribution in [0.1, 0.15) is 27.2 Å². The van der Waals surface area contributed by atoms with E-state index in [9.17, 15) is 4.79 Å². The first-order valence-corrected chi connectivity index (χ1v) is 10.3. The summed E-state index contributed by atoms with van der Waals surface area (Å²) in [6.45, 7) is 6.42. The number of allylic oxidation sites excluding steroid dienone is 4. The third-order valence-electron chi connectivity index (χ3n) is 7.33. The average Bonchev–Trinajstić information content (AvgIpc) is 2.69. The highest BCUT2D eigenvalue weighted by Crippen LogP contribution is 2.62. The summed E-state index contributed by atoms with van der Waals surface area (Å²) in [5.74, 6) is 0.0169. The van der Waals surface area contributed by atoms with Crippen LogP contribution in [0.2, 0.25) is 0 Å². The second-order valence-electron chi connectivity index (χ2n) is 9.46. The average molecular weight is 392 g/mol. The Kier molecular flexibility index (Phi) is 3.67. The highest BCUT2D eigenvalue weighted by atomic mass is 16.5. The van der Waals surface area contributed by atoms with Gasteiger partial charge in [0.1, 0.15) is 6.10 Å². The van der Waals surface area contributed by atoms with Gasteiger partial charge in [-0.3, -0.25) is 4.79 Å². The van der Waals surface area contributed by atoms with Gasteiger partial charge in [-0.2, -0.15) is 0 Å². The van der Waals surface area contributed by atoms with Gasteiger partial charge >= 0.3 is 0 Å². The zero-order valence-electron chi connectivity index (χ0n) is 17.4. The van der Waals surface area contributed by atoms with Crippen LogP contribution in [-0.4, -0.2) is 30.6 Å². The molecule has 3 aliphatic carbocycles. The molecule has 0 saturated heterocycles. The molecule has 0 aromatic carbocycles. The van der Waals surface area contributed by atoms with E-state index in [1.807, 2.05) is 30.4 Å². The Hall–Kier alpha value is -2.53. The molecule has 0 aromatic rings. The van der Waals surface area contributed by atoms with Crippen molar-refractivity contribution >= 4 is 5.78 Å². The van der Waals surface area contributed by atoms with Gasteiger partial charge in [0.15, 0.2) is 5.60 Å². The van der Waals surface area contributed by atoms with Crippen molar-refractivity contribution in [1.82, 2.24) is 5.32 Å². The maximum Gasteiger partial charge on any atom is 0.223 e. The number of hydrogen-bond acceptors (Lipinski definition) is 5. The van der Waals surface area contributed by atoms with Crippen molar-refractivity contribution in [2.45, 2.75) is 44.9 Å². The minimum absolute atomic E-state index is 0.0284. The first kappa shape index (κ1) is 18.5. The van der Waals surface area contributed by atoms with Crippen LogP contribution >= 0.6 is 0 Å². The Labute approximate surface area is 171 Å². The first-order chi connectivity index (χ1) is 13.8. The number of carbonyl (C=O) groups excluding carboxylic acids is 1. The molecule has 0 saturated carbocycles. The number of Topliss-reactive ketones (excluding diaryl/α,β-unsaturated/α-hetero) is 1. The molecule has 2 heterocycles. The molecule has 2 aliphatic heterocycles. The molecule has 0 bridgehead atoms. The SMILES string of the molecule is COC1C2=C(NC3C=CC=CC3=C2N)C(=O)C23CC(C)(C)C=CC12C(C)C=CO3. The van der Waals surface area contributed by atoms with Crippen LogP contribution in [0.3, 0.4) is 0 Å². The number of rotatable bonds is 1. The molecule has 29 heavy (non-hydrogen) atoms. The van der Waals surface area contributed by atoms with Crippen LogP contribution in [0.25, 0.3) is 0 Å². The summed E-state index contributed by atoms with van der Waals surface area (Å²) in [6, 6.07) is -0.118. The number of dihydropyridines is 1. The van der Waals surface area contributed by atoms with Crippen LogP contribution in [0.15, 0.2) is 71.3 Å². The fraction of sp³-hybridized carbons (Fsp3) is 0.458. The lowest BCUT2D eigenvalue weighted by molar-refractivity contribution is -0.186. The van der Waals surface area contributed by atoms with Crippen molar-refractivity contribution in [1.29, 1.82) is 0 Å². The molecule has 3 N–H and O–H groups in total. The number of ketones is 1. The van der Waals surface area contributed by atoms with E-state index in [0.717, 1.165) is 11.1 Å². The van der Waals surface area contributed by atoms with Gasteiger partial charge in [0.05, 0.1) is 23.4 Å². The number of nitrogens with one attached hydrogen (secondary N) is 1. The van der Waals surface area contributed by atoms with E-state index in [1.54, 1.807) is 13.4 Å². The highest BCUT2D eigenvalue weighted by molar-refractivity contribution is 6.06. The van der Waals surface area contributed by atoms with Crippen LogP contribution in [-0.2, 0) is 14.3 Å². The molecule has 5 atom stereocenters. The Morgan fingerprint density at radius 3 is 2.79 bits per heavy atom. The lowest BCUT2D eigenvalue weighted by atomic mass is 9.48. The normalized spacial score (nSPS) is 41.2. The summed E-state index contributed by atoms with van der Waals surface area (Å²) in [4.78, 5) is 14.2. The van der Waals surface area contributed by atoms with E-state index >= 15 is 0 Å². The zero-order chi connectivity index (χ0) is 20.6. The lowest BCUT2D eigenvalue weighted by Crippen LogP contribution is -2.71. The number of fused-ring (bicyclic) bond motifs is 1. The van der Waals surface area contributed by atoms with Gasteiger partial charge in [0.25, 0.3) is 0 Å². The predicted octanol–water partition coefficient (Wildman–Crippen LogP) is 3.04. The van der Waals surface area contributed by atoms with Gasteiger partial charge < -0.3 is 20.5 Å². The van der Waals surface area contributed by atoms with Crippen molar-refractivity contribution in [3.63, 3.8) is 0 Å². The second-order valence-corrected chi connectivity index (χ2v) is 9.46. The molecular formula is C24H28N2O3. The summed E-state index contributed by atoms with van der Waals surface area (Å²) in [7, 11) is 1.70. The lowest BCUT2D eigenvalue weighted by Gasteiger charge is -2.61. The van der Waals surface area contributed by atoms with Gasteiger partial charge in [-0.05, 0) is 17.4 Å². The number of methoxy groups -OCH3 is 1. The second kappa shape index (κ2) is 5.76. The smallest absolute Gasteiger partial charge is 0.223 e. The van der Waals surface area contributed by atoms with Crippen LogP contribution in [0.5, 0.6) is 0 Å².